The topological polar surface area (TPSA) is 83.2 Å². The Labute approximate surface area is 203 Å². The summed E-state index contributed by atoms with van der Waals surface area (Å²) >= 11 is 0. The molecular weight excluding hydrogens is 483 g/mol. The molecule has 11 heteroatoms. The summed E-state index contributed by atoms with van der Waals surface area (Å²) in [6.07, 6.45) is -3.20. The van der Waals surface area contributed by atoms with E-state index in [0.717, 1.165) is 24.3 Å². The van der Waals surface area contributed by atoms with E-state index in [9.17, 15) is 32.2 Å². The second kappa shape index (κ2) is 9.05. The van der Waals surface area contributed by atoms with Gasteiger partial charge < -0.3 is 15.5 Å². The summed E-state index contributed by atoms with van der Waals surface area (Å²) in [5.74, 6) is -1.76. The first-order valence-corrected chi connectivity index (χ1v) is 10.9. The number of phenolic OH excluding ortho intramolecular Hbond substituents is 1. The second-order valence-electron chi connectivity index (χ2n) is 9.24. The third-order valence-corrected chi connectivity index (χ3v) is 6.09. The highest BCUT2D eigenvalue weighted by atomic mass is 19.4. The van der Waals surface area contributed by atoms with Gasteiger partial charge in [0.15, 0.2) is 5.60 Å². The van der Waals surface area contributed by atoms with Gasteiger partial charge in [-0.05, 0) is 54.3 Å². The lowest BCUT2D eigenvalue weighted by Crippen LogP contribution is -2.53. The van der Waals surface area contributed by atoms with Crippen molar-refractivity contribution in [1.29, 1.82) is 0 Å². The summed E-state index contributed by atoms with van der Waals surface area (Å²) in [5, 5.41) is 28.3. The van der Waals surface area contributed by atoms with Gasteiger partial charge in [-0.1, -0.05) is 19.9 Å². The van der Waals surface area contributed by atoms with E-state index in [1.807, 2.05) is 0 Å². The van der Waals surface area contributed by atoms with Crippen LogP contribution in [0.5, 0.6) is 5.75 Å². The Morgan fingerprint density at radius 2 is 1.75 bits per heavy atom. The molecule has 2 aromatic heterocycles. The highest BCUT2D eigenvalue weighted by Crippen LogP contribution is 2.43. The smallest absolute Gasteiger partial charge is 0.418 e. The lowest BCUT2D eigenvalue weighted by atomic mass is 9.74. The Morgan fingerprint density at radius 3 is 2.42 bits per heavy atom. The first kappa shape index (κ1) is 25.4. The van der Waals surface area contributed by atoms with Crippen LogP contribution in [-0.2, 0) is 5.41 Å². The van der Waals surface area contributed by atoms with E-state index in [1.54, 1.807) is 12.1 Å². The lowest BCUT2D eigenvalue weighted by molar-refractivity contribution is -0.260. The first-order chi connectivity index (χ1) is 16.8. The van der Waals surface area contributed by atoms with Crippen LogP contribution in [0.4, 0.5) is 27.6 Å². The predicted molar refractivity (Wildman–Crippen MR) is 124 cm³/mol. The number of benzene rings is 2. The van der Waals surface area contributed by atoms with Crippen LogP contribution >= 0.6 is 0 Å². The molecular formula is C25H23F5N4O2. The Morgan fingerprint density at radius 1 is 1.00 bits per heavy atom. The molecule has 1 unspecified atom stereocenters. The Balaban J connectivity index is 1.64. The molecule has 0 saturated heterocycles. The lowest BCUT2D eigenvalue weighted by Gasteiger charge is -2.38. The molecule has 0 aliphatic heterocycles. The standard InChI is InChI=1S/C25H23F5N4O2/c1-23(2,18-10-15(26)6-8-21(18)35)13-24(36,25(28,29)30)14-32-19-4-3-5-20-17(19)12-33-34(20)16-7-9-22(27)31-11-16/h3-12,32,35-36H,13-14H2,1-2H3. The summed E-state index contributed by atoms with van der Waals surface area (Å²) in [5.41, 5.74) is -3.47. The molecule has 6 nitrogen and oxygen atoms in total. The van der Waals surface area contributed by atoms with Crippen molar-refractivity contribution in [1.82, 2.24) is 14.8 Å². The summed E-state index contributed by atoms with van der Waals surface area (Å²) in [7, 11) is 0. The molecule has 2 aromatic carbocycles. The maximum atomic E-state index is 14.1. The molecule has 0 bridgehead atoms. The van der Waals surface area contributed by atoms with Gasteiger partial charge in [0.25, 0.3) is 0 Å². The number of pyridine rings is 1. The molecule has 3 N–H and O–H groups in total. The van der Waals surface area contributed by atoms with E-state index in [-0.39, 0.29) is 17.0 Å². The third-order valence-electron chi connectivity index (χ3n) is 6.09. The Bertz CT molecular complexity index is 1390. The van der Waals surface area contributed by atoms with Crippen molar-refractivity contribution >= 4 is 16.6 Å². The number of hydrogen-bond acceptors (Lipinski definition) is 5. The molecule has 2 heterocycles. The highest BCUT2D eigenvalue weighted by molar-refractivity contribution is 5.92. The van der Waals surface area contributed by atoms with Gasteiger partial charge in [0.1, 0.15) is 11.6 Å². The fraction of sp³-hybridized carbons (Fsp3) is 0.280. The Kier molecular flexibility index (Phi) is 6.38. The van der Waals surface area contributed by atoms with Crippen LogP contribution in [0.15, 0.2) is 60.9 Å². The molecule has 0 spiro atoms. The zero-order valence-electron chi connectivity index (χ0n) is 19.3. The number of halogens is 5. The van der Waals surface area contributed by atoms with Crippen molar-refractivity contribution in [3.63, 3.8) is 0 Å². The molecule has 0 saturated carbocycles. The molecule has 0 aliphatic rings. The van der Waals surface area contributed by atoms with Gasteiger partial charge in [-0.15, -0.1) is 0 Å². The Hall–Kier alpha value is -3.73. The molecule has 4 aromatic rings. The van der Waals surface area contributed by atoms with Crippen molar-refractivity contribution in [2.75, 3.05) is 11.9 Å². The van der Waals surface area contributed by atoms with Crippen molar-refractivity contribution < 1.29 is 32.2 Å². The van der Waals surface area contributed by atoms with Gasteiger partial charge in [0.2, 0.25) is 5.95 Å². The van der Waals surface area contributed by atoms with E-state index < -0.39 is 41.9 Å². The summed E-state index contributed by atoms with van der Waals surface area (Å²) in [6.45, 7) is 1.86. The van der Waals surface area contributed by atoms with Crippen LogP contribution in [0.1, 0.15) is 25.8 Å². The number of phenols is 1. The van der Waals surface area contributed by atoms with E-state index in [0.29, 0.717) is 16.6 Å². The van der Waals surface area contributed by atoms with Crippen molar-refractivity contribution in [2.45, 2.75) is 37.5 Å². The first-order valence-electron chi connectivity index (χ1n) is 10.9. The van der Waals surface area contributed by atoms with Gasteiger partial charge in [-0.3, -0.25) is 0 Å². The minimum Gasteiger partial charge on any atom is -0.508 e. The average molecular weight is 506 g/mol. The highest BCUT2D eigenvalue weighted by Gasteiger charge is 2.56. The number of alkyl halides is 3. The average Bonchev–Trinajstić information content (AvgIpc) is 3.23. The predicted octanol–water partition coefficient (Wildman–Crippen LogP) is 5.48. The van der Waals surface area contributed by atoms with Gasteiger partial charge in [-0.2, -0.15) is 22.7 Å². The SMILES string of the molecule is CC(C)(CC(O)(CNc1cccc2c1cnn2-c1ccc(F)nc1)C(F)(F)F)c1cc(F)ccc1O. The number of anilines is 1. The summed E-state index contributed by atoms with van der Waals surface area (Å²) < 4.78 is 70.8. The van der Waals surface area contributed by atoms with Crippen molar-refractivity contribution in [3.8, 4) is 11.4 Å². The summed E-state index contributed by atoms with van der Waals surface area (Å²) in [4.78, 5) is 3.59. The number of aromatic hydroxyl groups is 1. The van der Waals surface area contributed by atoms with Crippen LogP contribution in [0.3, 0.4) is 0 Å². The number of hydrogen-bond donors (Lipinski definition) is 3. The molecule has 36 heavy (non-hydrogen) atoms. The van der Waals surface area contributed by atoms with E-state index in [2.05, 4.69) is 15.4 Å². The quantitative estimate of drug-likeness (QED) is 0.229. The number of nitrogens with zero attached hydrogens (tertiary/aromatic N) is 3. The molecule has 0 aliphatic carbocycles. The molecule has 0 amide bonds. The van der Waals surface area contributed by atoms with Crippen molar-refractivity contribution in [3.05, 3.63) is 78.3 Å². The van der Waals surface area contributed by atoms with Crippen molar-refractivity contribution in [2.24, 2.45) is 0 Å². The van der Waals surface area contributed by atoms with Crippen LogP contribution in [-0.4, -0.2) is 43.3 Å². The molecule has 1 atom stereocenters. The maximum Gasteiger partial charge on any atom is 0.418 e. The fourth-order valence-corrected chi connectivity index (χ4v) is 4.29. The summed E-state index contributed by atoms with van der Waals surface area (Å²) in [6, 6.07) is 10.5. The van der Waals surface area contributed by atoms with Crippen LogP contribution < -0.4 is 5.32 Å². The minimum atomic E-state index is -5.04. The number of fused-ring (bicyclic) bond motifs is 1. The van der Waals surface area contributed by atoms with Gasteiger partial charge in [-0.25, -0.2) is 14.1 Å². The number of rotatable bonds is 7. The van der Waals surface area contributed by atoms with E-state index >= 15 is 0 Å². The molecule has 190 valence electrons. The van der Waals surface area contributed by atoms with E-state index in [1.165, 1.54) is 43.1 Å². The monoisotopic (exact) mass is 506 g/mol. The normalized spacial score (nSPS) is 14.1. The zero-order chi connectivity index (χ0) is 26.3. The second-order valence-corrected chi connectivity index (χ2v) is 9.24. The third kappa shape index (κ3) is 4.83. The fourth-order valence-electron chi connectivity index (χ4n) is 4.29. The van der Waals surface area contributed by atoms with Gasteiger partial charge >= 0.3 is 6.18 Å². The van der Waals surface area contributed by atoms with Gasteiger partial charge in [0.05, 0.1) is 30.1 Å². The van der Waals surface area contributed by atoms with Crippen LogP contribution in [0.25, 0.3) is 16.6 Å². The number of aliphatic hydroxyl groups is 1. The number of aromatic nitrogens is 3. The minimum absolute atomic E-state index is 0.0542. The van der Waals surface area contributed by atoms with Gasteiger partial charge in [0, 0.05) is 16.6 Å². The molecule has 4 rings (SSSR count). The largest absolute Gasteiger partial charge is 0.508 e. The molecule has 0 fully saturated rings. The maximum absolute atomic E-state index is 14.1. The van der Waals surface area contributed by atoms with Crippen LogP contribution in [0.2, 0.25) is 0 Å². The van der Waals surface area contributed by atoms with E-state index in [4.69, 9.17) is 0 Å². The number of nitrogens with one attached hydrogen (secondary N) is 1. The van der Waals surface area contributed by atoms with Crippen LogP contribution in [0, 0.1) is 11.8 Å². The zero-order valence-corrected chi connectivity index (χ0v) is 19.3. The molecule has 0 radical (unpaired) electrons.